The van der Waals surface area contributed by atoms with Crippen molar-refractivity contribution in [2.75, 3.05) is 52.9 Å². The highest BCUT2D eigenvalue weighted by Crippen LogP contribution is 2.09. The van der Waals surface area contributed by atoms with Crippen molar-refractivity contribution in [3.63, 3.8) is 0 Å². The molecule has 0 spiro atoms. The highest BCUT2D eigenvalue weighted by atomic mass is 16.5. The molecule has 0 radical (unpaired) electrons. The Kier molecular flexibility index (Phi) is 16.9. The molecule has 0 aliphatic carbocycles. The van der Waals surface area contributed by atoms with Crippen LogP contribution in [0.2, 0.25) is 0 Å². The van der Waals surface area contributed by atoms with E-state index in [0.717, 1.165) is 19.4 Å². The predicted octanol–water partition coefficient (Wildman–Crippen LogP) is 1.37. The normalized spacial score (nSPS) is 14.2. The first-order valence-corrected chi connectivity index (χ1v) is 8.39. The number of hydrogen-bond acceptors (Lipinski definition) is 6. The molecular weight excluding hydrogens is 288 g/mol. The molecule has 2 atom stereocenters. The maximum Gasteiger partial charge on any atom is 0.0856 e. The number of aliphatic hydroxyl groups is 2. The van der Waals surface area contributed by atoms with E-state index in [4.69, 9.17) is 24.1 Å². The lowest BCUT2D eigenvalue weighted by atomic mass is 10.1. The summed E-state index contributed by atoms with van der Waals surface area (Å²) in [5.74, 6) is 0. The summed E-state index contributed by atoms with van der Waals surface area (Å²) < 4.78 is 21.6. The van der Waals surface area contributed by atoms with Crippen LogP contribution in [0.1, 0.15) is 39.5 Å². The third kappa shape index (κ3) is 13.4. The Balaban J connectivity index is 3.67. The molecule has 22 heavy (non-hydrogen) atoms. The highest BCUT2D eigenvalue weighted by Gasteiger charge is 2.19. The van der Waals surface area contributed by atoms with Gasteiger partial charge in [-0.15, -0.1) is 0 Å². The van der Waals surface area contributed by atoms with Gasteiger partial charge in [0.1, 0.15) is 0 Å². The minimum Gasteiger partial charge on any atom is -0.396 e. The molecule has 2 N–H and O–H groups in total. The molecule has 134 valence electrons. The zero-order chi connectivity index (χ0) is 16.5. The first-order valence-electron chi connectivity index (χ1n) is 8.39. The maximum absolute atomic E-state index is 10.1. The first-order chi connectivity index (χ1) is 10.8. The van der Waals surface area contributed by atoms with Crippen molar-refractivity contribution in [2.45, 2.75) is 51.7 Å². The van der Waals surface area contributed by atoms with Gasteiger partial charge in [-0.2, -0.15) is 0 Å². The summed E-state index contributed by atoms with van der Waals surface area (Å²) in [6.45, 7) is 8.21. The van der Waals surface area contributed by atoms with Crippen molar-refractivity contribution in [2.24, 2.45) is 0 Å². The van der Waals surface area contributed by atoms with Crippen LogP contribution in [0.15, 0.2) is 0 Å². The van der Waals surface area contributed by atoms with Gasteiger partial charge < -0.3 is 29.2 Å². The fraction of sp³-hybridized carbons (Fsp3) is 1.00. The van der Waals surface area contributed by atoms with E-state index >= 15 is 0 Å². The molecule has 0 bridgehead atoms. The Hall–Kier alpha value is -0.240. The third-order valence-electron chi connectivity index (χ3n) is 3.09. The second-order valence-corrected chi connectivity index (χ2v) is 5.05. The lowest BCUT2D eigenvalue weighted by molar-refractivity contribution is -0.0646. The van der Waals surface area contributed by atoms with Crippen molar-refractivity contribution >= 4 is 0 Å². The van der Waals surface area contributed by atoms with Crippen LogP contribution in [0.5, 0.6) is 0 Å². The van der Waals surface area contributed by atoms with Crippen LogP contribution in [0.25, 0.3) is 0 Å². The van der Waals surface area contributed by atoms with E-state index in [1.165, 1.54) is 0 Å². The van der Waals surface area contributed by atoms with Crippen LogP contribution >= 0.6 is 0 Å². The van der Waals surface area contributed by atoms with Gasteiger partial charge in [0, 0.05) is 39.6 Å². The smallest absolute Gasteiger partial charge is 0.0856 e. The van der Waals surface area contributed by atoms with Crippen molar-refractivity contribution in [1.82, 2.24) is 0 Å². The Morgan fingerprint density at radius 3 is 2.18 bits per heavy atom. The van der Waals surface area contributed by atoms with Crippen LogP contribution in [0.3, 0.4) is 0 Å². The second-order valence-electron chi connectivity index (χ2n) is 5.05. The number of ether oxygens (including phenoxy) is 4. The highest BCUT2D eigenvalue weighted by molar-refractivity contribution is 4.69. The van der Waals surface area contributed by atoms with Gasteiger partial charge in [-0.1, -0.05) is 6.92 Å². The summed E-state index contributed by atoms with van der Waals surface area (Å²) in [4.78, 5) is 0. The molecule has 2 unspecified atom stereocenters. The van der Waals surface area contributed by atoms with Crippen LogP contribution in [0.4, 0.5) is 0 Å². The van der Waals surface area contributed by atoms with Gasteiger partial charge in [0.25, 0.3) is 0 Å². The van der Waals surface area contributed by atoms with E-state index in [2.05, 4.69) is 6.92 Å². The Bertz CT molecular complexity index is 215. The van der Waals surface area contributed by atoms with E-state index < -0.39 is 6.10 Å². The molecule has 0 aromatic heterocycles. The molecule has 0 heterocycles. The lowest BCUT2D eigenvalue weighted by Gasteiger charge is -2.22. The summed E-state index contributed by atoms with van der Waals surface area (Å²) in [5.41, 5.74) is 0. The fourth-order valence-electron chi connectivity index (χ4n) is 1.91. The summed E-state index contributed by atoms with van der Waals surface area (Å²) in [6, 6.07) is 0. The van der Waals surface area contributed by atoms with Gasteiger partial charge in [0.05, 0.1) is 25.4 Å². The molecule has 0 saturated carbocycles. The average Bonchev–Trinajstić information content (AvgIpc) is 2.52. The molecule has 0 aromatic rings. The molecule has 6 heteroatoms. The molecule has 0 fully saturated rings. The lowest BCUT2D eigenvalue weighted by Crippen LogP contribution is -2.32. The molecule has 0 rings (SSSR count). The quantitative estimate of drug-likeness (QED) is 0.394. The van der Waals surface area contributed by atoms with Gasteiger partial charge >= 0.3 is 0 Å². The van der Waals surface area contributed by atoms with Crippen molar-refractivity contribution in [3.05, 3.63) is 0 Å². The maximum atomic E-state index is 10.1. The van der Waals surface area contributed by atoms with Crippen LogP contribution in [-0.4, -0.2) is 75.3 Å². The van der Waals surface area contributed by atoms with Crippen molar-refractivity contribution < 1.29 is 29.2 Å². The summed E-state index contributed by atoms with van der Waals surface area (Å²) in [7, 11) is 0. The number of rotatable bonds is 17. The zero-order valence-electron chi connectivity index (χ0n) is 14.2. The zero-order valence-corrected chi connectivity index (χ0v) is 14.2. The standard InChI is InChI=1S/C16H34O6/c1-3-9-20-13-14-21-12-7-15(18)16(6-8-17)22-11-5-10-19-4-2/h15-18H,3-14H2,1-2H3. The van der Waals surface area contributed by atoms with E-state index in [1.54, 1.807) is 0 Å². The largest absolute Gasteiger partial charge is 0.396 e. The minimum absolute atomic E-state index is 0.00109. The predicted molar refractivity (Wildman–Crippen MR) is 85.1 cm³/mol. The van der Waals surface area contributed by atoms with Gasteiger partial charge in [0.2, 0.25) is 0 Å². The van der Waals surface area contributed by atoms with Crippen LogP contribution in [-0.2, 0) is 18.9 Å². The Morgan fingerprint density at radius 2 is 1.55 bits per heavy atom. The molecule has 0 aromatic carbocycles. The summed E-state index contributed by atoms with van der Waals surface area (Å²) in [6.07, 6.45) is 1.72. The van der Waals surface area contributed by atoms with Crippen LogP contribution < -0.4 is 0 Å². The van der Waals surface area contributed by atoms with Gasteiger partial charge in [-0.25, -0.2) is 0 Å². The van der Waals surface area contributed by atoms with Crippen LogP contribution in [0, 0.1) is 0 Å². The first kappa shape index (κ1) is 21.8. The van der Waals surface area contributed by atoms with Gasteiger partial charge in [0.15, 0.2) is 0 Å². The summed E-state index contributed by atoms with van der Waals surface area (Å²) in [5, 5.41) is 19.2. The Labute approximate surface area is 134 Å². The topological polar surface area (TPSA) is 77.4 Å². The molecule has 0 saturated heterocycles. The molecule has 0 aliphatic heterocycles. The fourth-order valence-corrected chi connectivity index (χ4v) is 1.91. The van der Waals surface area contributed by atoms with Crippen molar-refractivity contribution in [1.29, 1.82) is 0 Å². The second kappa shape index (κ2) is 17.1. The van der Waals surface area contributed by atoms with E-state index in [9.17, 15) is 5.11 Å². The van der Waals surface area contributed by atoms with Gasteiger partial charge in [-0.3, -0.25) is 0 Å². The van der Waals surface area contributed by atoms with Crippen molar-refractivity contribution in [3.8, 4) is 0 Å². The minimum atomic E-state index is -0.629. The Morgan fingerprint density at radius 1 is 0.818 bits per heavy atom. The number of aliphatic hydroxyl groups excluding tert-OH is 2. The monoisotopic (exact) mass is 322 g/mol. The average molecular weight is 322 g/mol. The molecule has 6 nitrogen and oxygen atoms in total. The van der Waals surface area contributed by atoms with Gasteiger partial charge in [-0.05, 0) is 32.6 Å². The molecule has 0 aliphatic rings. The molecular formula is C16H34O6. The van der Waals surface area contributed by atoms with E-state index in [-0.39, 0.29) is 12.7 Å². The van der Waals surface area contributed by atoms with E-state index in [0.29, 0.717) is 52.5 Å². The number of hydrogen-bond donors (Lipinski definition) is 2. The summed E-state index contributed by atoms with van der Waals surface area (Å²) >= 11 is 0. The molecule has 0 amide bonds. The third-order valence-corrected chi connectivity index (χ3v) is 3.09. The van der Waals surface area contributed by atoms with E-state index in [1.807, 2.05) is 6.92 Å². The SMILES string of the molecule is CCCOCCOCCC(O)C(CCO)OCCCOCC.